The Morgan fingerprint density at radius 2 is 1.91 bits per heavy atom. The smallest absolute Gasteiger partial charge is 0.235 e. The number of thioether (sulfide) groups is 2. The van der Waals surface area contributed by atoms with Crippen LogP contribution in [0.15, 0.2) is 10.9 Å². The molecule has 0 bridgehead atoms. The van der Waals surface area contributed by atoms with E-state index in [0.29, 0.717) is 25.3 Å². The minimum atomic E-state index is -2.56. The van der Waals surface area contributed by atoms with E-state index in [2.05, 4.69) is 5.32 Å². The standard InChI is InChI=1S/C21H40N2O10S2/c1-4-12-14(24)15(25)17(19(30-3)33-12)31-7-5-8-34-9-6-23-13(22)10-35-20-16(26)18(27)21(28,29)11(2)32-20/h11-15,17-19,23-29H,4-10,22H2,1-3H3/t11?,12?,13?,14-,15?,17?,18?,19?/m1/s1. The van der Waals surface area contributed by atoms with Crippen molar-refractivity contribution in [3.8, 4) is 0 Å². The molecule has 0 aromatic heterocycles. The summed E-state index contributed by atoms with van der Waals surface area (Å²) in [7, 11) is 1.48. The Labute approximate surface area is 214 Å². The number of aliphatic hydroxyl groups is 6. The Hall–Kier alpha value is -0.360. The zero-order valence-corrected chi connectivity index (χ0v) is 21.9. The minimum absolute atomic E-state index is 0.0114. The molecule has 7 unspecified atom stereocenters. The summed E-state index contributed by atoms with van der Waals surface area (Å²) in [6.45, 7) is 4.27. The van der Waals surface area contributed by atoms with Crippen molar-refractivity contribution in [1.29, 1.82) is 0 Å². The molecule has 0 spiro atoms. The molecular weight excluding hydrogens is 504 g/mol. The SMILES string of the molecule is CCC1OC(OC)C(OCCCSCCNC(N)CSC2=C(O)C(O)C(O)(O)C(C)O2)C(O)[C@@H]1O. The first-order chi connectivity index (χ1) is 16.5. The third kappa shape index (κ3) is 8.32. The van der Waals surface area contributed by atoms with E-state index in [1.165, 1.54) is 14.0 Å². The van der Waals surface area contributed by atoms with E-state index in [1.807, 2.05) is 6.92 Å². The molecule has 0 aliphatic carbocycles. The number of ether oxygens (including phenoxy) is 4. The molecule has 0 saturated carbocycles. The molecule has 206 valence electrons. The van der Waals surface area contributed by atoms with Gasteiger partial charge in [0.1, 0.15) is 18.3 Å². The summed E-state index contributed by atoms with van der Waals surface area (Å²) in [6, 6.07) is 0. The van der Waals surface area contributed by atoms with E-state index in [9.17, 15) is 30.6 Å². The average Bonchev–Trinajstić information content (AvgIpc) is 2.83. The van der Waals surface area contributed by atoms with Crippen molar-refractivity contribution in [3.63, 3.8) is 0 Å². The van der Waals surface area contributed by atoms with Crippen LogP contribution in [0.1, 0.15) is 26.7 Å². The molecule has 0 aromatic carbocycles. The number of hydrogen-bond acceptors (Lipinski definition) is 14. The zero-order chi connectivity index (χ0) is 26.2. The molecule has 0 aromatic rings. The summed E-state index contributed by atoms with van der Waals surface area (Å²) in [4.78, 5) is 0. The lowest BCUT2D eigenvalue weighted by Crippen LogP contribution is -2.58. The molecule has 0 amide bonds. The second-order valence-electron chi connectivity index (χ2n) is 8.46. The average molecular weight is 545 g/mol. The van der Waals surface area contributed by atoms with Crippen LogP contribution in [-0.4, -0.2) is 123 Å². The molecule has 2 rings (SSSR count). The van der Waals surface area contributed by atoms with E-state index in [1.54, 1.807) is 11.8 Å². The van der Waals surface area contributed by atoms with Crippen LogP contribution >= 0.6 is 23.5 Å². The van der Waals surface area contributed by atoms with Gasteiger partial charge in [0.15, 0.2) is 29.3 Å². The molecule has 8 atom stereocenters. The summed E-state index contributed by atoms with van der Waals surface area (Å²) in [5, 5.41) is 62.8. The predicted molar refractivity (Wildman–Crippen MR) is 131 cm³/mol. The Morgan fingerprint density at radius 1 is 1.20 bits per heavy atom. The molecule has 2 aliphatic rings. The highest BCUT2D eigenvalue weighted by atomic mass is 32.2. The molecule has 1 fully saturated rings. The monoisotopic (exact) mass is 544 g/mol. The maximum absolute atomic E-state index is 10.3. The van der Waals surface area contributed by atoms with E-state index < -0.39 is 60.6 Å². The fourth-order valence-corrected chi connectivity index (χ4v) is 5.29. The third-order valence-corrected chi connectivity index (χ3v) is 7.99. The minimum Gasteiger partial charge on any atom is -0.506 e. The van der Waals surface area contributed by atoms with Gasteiger partial charge in [0.05, 0.1) is 12.3 Å². The number of aliphatic hydroxyl groups excluding tert-OH is 4. The van der Waals surface area contributed by atoms with E-state index in [-0.39, 0.29) is 5.09 Å². The summed E-state index contributed by atoms with van der Waals surface area (Å²) < 4.78 is 21.9. The predicted octanol–water partition coefficient (Wildman–Crippen LogP) is -1.21. The van der Waals surface area contributed by atoms with Gasteiger partial charge in [0.2, 0.25) is 5.79 Å². The first-order valence-electron chi connectivity index (χ1n) is 11.6. The van der Waals surface area contributed by atoms with Gasteiger partial charge in [-0.2, -0.15) is 11.8 Å². The van der Waals surface area contributed by atoms with Crippen molar-refractivity contribution in [2.75, 3.05) is 37.5 Å². The quantitative estimate of drug-likeness (QED) is 0.0958. The summed E-state index contributed by atoms with van der Waals surface area (Å²) in [6.07, 6.45) is -6.15. The number of methoxy groups -OCH3 is 1. The summed E-state index contributed by atoms with van der Waals surface area (Å²) in [5.41, 5.74) is 6.02. The zero-order valence-electron chi connectivity index (χ0n) is 20.3. The van der Waals surface area contributed by atoms with Gasteiger partial charge in [-0.25, -0.2) is 0 Å². The molecule has 1 saturated heterocycles. The van der Waals surface area contributed by atoms with Crippen LogP contribution in [0.5, 0.6) is 0 Å². The van der Waals surface area contributed by atoms with Crippen molar-refractivity contribution in [2.45, 2.75) is 81.6 Å². The maximum Gasteiger partial charge on any atom is 0.235 e. The molecule has 2 aliphatic heterocycles. The molecule has 0 radical (unpaired) electrons. The maximum atomic E-state index is 10.3. The Kier molecular flexibility index (Phi) is 12.8. The Morgan fingerprint density at radius 3 is 2.57 bits per heavy atom. The van der Waals surface area contributed by atoms with Crippen LogP contribution in [0, 0.1) is 0 Å². The first-order valence-corrected chi connectivity index (χ1v) is 13.8. The molecule has 35 heavy (non-hydrogen) atoms. The lowest BCUT2D eigenvalue weighted by Gasteiger charge is -2.41. The van der Waals surface area contributed by atoms with E-state index >= 15 is 0 Å². The second-order valence-corrected chi connectivity index (χ2v) is 10.7. The van der Waals surface area contributed by atoms with Crippen molar-refractivity contribution in [2.24, 2.45) is 5.73 Å². The largest absolute Gasteiger partial charge is 0.506 e. The van der Waals surface area contributed by atoms with Gasteiger partial charge in [0, 0.05) is 31.8 Å². The molecular formula is C21H40N2O10S2. The molecule has 12 nitrogen and oxygen atoms in total. The molecule has 9 N–H and O–H groups in total. The van der Waals surface area contributed by atoms with Gasteiger partial charge in [-0.3, -0.25) is 0 Å². The van der Waals surface area contributed by atoms with Crippen molar-refractivity contribution in [3.05, 3.63) is 10.9 Å². The van der Waals surface area contributed by atoms with Crippen molar-refractivity contribution < 1.29 is 49.6 Å². The molecule has 2 heterocycles. The van der Waals surface area contributed by atoms with E-state index in [0.717, 1.165) is 29.7 Å². The van der Waals surface area contributed by atoms with Gasteiger partial charge in [-0.05, 0) is 25.5 Å². The number of nitrogens with two attached hydrogens (primary N) is 1. The van der Waals surface area contributed by atoms with Crippen LogP contribution < -0.4 is 11.1 Å². The highest BCUT2D eigenvalue weighted by Crippen LogP contribution is 2.35. The van der Waals surface area contributed by atoms with Crippen LogP contribution in [0.4, 0.5) is 0 Å². The van der Waals surface area contributed by atoms with Gasteiger partial charge in [0.25, 0.3) is 0 Å². The Balaban J connectivity index is 1.57. The number of rotatable bonds is 14. The summed E-state index contributed by atoms with van der Waals surface area (Å²) in [5.74, 6) is -1.25. The van der Waals surface area contributed by atoms with Crippen LogP contribution in [-0.2, 0) is 18.9 Å². The van der Waals surface area contributed by atoms with Crippen molar-refractivity contribution in [1.82, 2.24) is 5.32 Å². The van der Waals surface area contributed by atoms with Crippen LogP contribution in [0.2, 0.25) is 0 Å². The molecule has 14 heteroatoms. The Bertz CT molecular complexity index is 672. The van der Waals surface area contributed by atoms with Gasteiger partial charge >= 0.3 is 0 Å². The number of nitrogens with one attached hydrogen (secondary N) is 1. The number of hydrogen-bond donors (Lipinski definition) is 8. The summed E-state index contributed by atoms with van der Waals surface area (Å²) >= 11 is 2.77. The normalized spacial score (nSPS) is 34.0. The van der Waals surface area contributed by atoms with E-state index in [4.69, 9.17) is 24.7 Å². The lowest BCUT2D eigenvalue weighted by molar-refractivity contribution is -0.299. The van der Waals surface area contributed by atoms with Crippen LogP contribution in [0.25, 0.3) is 0 Å². The third-order valence-electron chi connectivity index (χ3n) is 5.82. The highest BCUT2D eigenvalue weighted by Gasteiger charge is 2.48. The van der Waals surface area contributed by atoms with Crippen molar-refractivity contribution >= 4 is 23.5 Å². The fraction of sp³-hybridized carbons (Fsp3) is 0.905. The second kappa shape index (κ2) is 14.5. The highest BCUT2D eigenvalue weighted by molar-refractivity contribution is 8.02. The van der Waals surface area contributed by atoms with Crippen LogP contribution in [0.3, 0.4) is 0 Å². The van der Waals surface area contributed by atoms with Gasteiger partial charge < -0.3 is 60.6 Å². The first kappa shape index (κ1) is 30.9. The van der Waals surface area contributed by atoms with Gasteiger partial charge in [-0.15, -0.1) is 0 Å². The lowest BCUT2D eigenvalue weighted by atomic mass is 9.97. The van der Waals surface area contributed by atoms with Gasteiger partial charge in [-0.1, -0.05) is 18.7 Å². The topological polar surface area (TPSA) is 196 Å². The fourth-order valence-electron chi connectivity index (χ4n) is 3.58.